The fraction of sp³-hybridized carbons (Fsp3) is 0.316. The number of aliphatic hydroxyl groups is 1. The van der Waals surface area contributed by atoms with Crippen LogP contribution in [0, 0.1) is 12.7 Å². The average molecular weight is 392 g/mol. The molecule has 6 nitrogen and oxygen atoms in total. The van der Waals surface area contributed by atoms with Crippen LogP contribution in [0.2, 0.25) is 0 Å². The van der Waals surface area contributed by atoms with Crippen LogP contribution in [0.25, 0.3) is 0 Å². The Morgan fingerprint density at radius 3 is 2.63 bits per heavy atom. The van der Waals surface area contributed by atoms with Crippen molar-refractivity contribution in [3.05, 3.63) is 59.4 Å². The predicted molar refractivity (Wildman–Crippen MR) is 101 cm³/mol. The molecule has 1 amide bonds. The molecule has 2 aromatic carbocycles. The molecule has 3 rings (SSSR count). The first kappa shape index (κ1) is 21.1. The molecule has 0 radical (unpaired) electrons. The van der Waals surface area contributed by atoms with Gasteiger partial charge in [0.25, 0.3) is 5.91 Å². The number of halogens is 1. The van der Waals surface area contributed by atoms with E-state index in [2.05, 4.69) is 10.6 Å². The number of aliphatic hydroxyl groups excluding tert-OH is 1. The number of nitrogens with one attached hydrogen (secondary N) is 2. The maximum Gasteiger partial charge on any atom is 0.348 e. The van der Waals surface area contributed by atoms with Gasteiger partial charge in [0, 0.05) is 29.9 Å². The predicted octanol–water partition coefficient (Wildman–Crippen LogP) is 1.85. The molecule has 3 N–H and O–H groups in total. The Balaban J connectivity index is 0.000000313. The van der Waals surface area contributed by atoms with Crippen molar-refractivity contribution in [2.45, 2.75) is 25.8 Å². The third-order valence-electron chi connectivity index (χ3n) is 3.87. The van der Waals surface area contributed by atoms with E-state index in [0.717, 1.165) is 12.6 Å². The van der Waals surface area contributed by atoms with E-state index in [4.69, 9.17) is 5.11 Å². The third kappa shape index (κ3) is 7.15. The first-order valence-electron chi connectivity index (χ1n) is 8.57. The van der Waals surface area contributed by atoms with Crippen LogP contribution < -0.4 is 20.8 Å². The number of rotatable bonds is 6. The zero-order valence-corrected chi connectivity index (χ0v) is 15.8. The highest BCUT2D eigenvalue weighted by Crippen LogP contribution is 2.18. The number of carbonyl (C=O) groups is 1. The molecule has 1 saturated carbocycles. The van der Waals surface area contributed by atoms with Gasteiger partial charge in [-0.3, -0.25) is 4.79 Å². The molecule has 1 atom stereocenters. The highest BCUT2D eigenvalue weighted by atomic mass is 31.1. The van der Waals surface area contributed by atoms with E-state index >= 15 is 0 Å². The van der Waals surface area contributed by atoms with Gasteiger partial charge in [-0.05, 0) is 49.6 Å². The van der Waals surface area contributed by atoms with Crippen LogP contribution in [0.15, 0.2) is 42.5 Å². The molecule has 0 spiro atoms. The molecule has 2 aromatic rings. The minimum Gasteiger partial charge on any atom is -0.591 e. The van der Waals surface area contributed by atoms with Gasteiger partial charge in [0.2, 0.25) is 0 Å². The Hall–Kier alpha value is -2.18. The molecule has 1 aliphatic carbocycles. The van der Waals surface area contributed by atoms with Crippen molar-refractivity contribution in [2.75, 3.05) is 18.5 Å². The zero-order chi connectivity index (χ0) is 19.8. The van der Waals surface area contributed by atoms with E-state index in [1.165, 1.54) is 43.2 Å². The van der Waals surface area contributed by atoms with Gasteiger partial charge in [-0.25, -0.2) is 4.39 Å². The van der Waals surface area contributed by atoms with Crippen LogP contribution >= 0.6 is 8.03 Å². The maximum absolute atomic E-state index is 13.4. The average Bonchev–Trinajstić information content (AvgIpc) is 3.48. The number of hydrogen-bond acceptors (Lipinski definition) is 5. The molecule has 1 aliphatic rings. The molecule has 8 heteroatoms. The van der Waals surface area contributed by atoms with Crippen molar-refractivity contribution in [2.24, 2.45) is 0 Å². The first-order valence-corrected chi connectivity index (χ1v) is 9.74. The number of anilines is 1. The molecule has 1 fully saturated rings. The second-order valence-corrected chi connectivity index (χ2v) is 7.21. The van der Waals surface area contributed by atoms with Crippen molar-refractivity contribution in [3.8, 4) is 0 Å². The number of amides is 1. The Labute approximate surface area is 158 Å². The Bertz CT molecular complexity index is 812. The van der Waals surface area contributed by atoms with Crippen molar-refractivity contribution in [1.29, 1.82) is 0 Å². The summed E-state index contributed by atoms with van der Waals surface area (Å²) in [5.41, 5.74) is 0.992. The number of aryl methyl sites for hydroxylation is 1. The minimum absolute atomic E-state index is 0.0581. The lowest BCUT2D eigenvalue weighted by molar-refractivity contribution is -0.160. The molecule has 0 saturated heterocycles. The van der Waals surface area contributed by atoms with Crippen molar-refractivity contribution >= 4 is 24.9 Å². The highest BCUT2D eigenvalue weighted by molar-refractivity contribution is 7.45. The molecule has 27 heavy (non-hydrogen) atoms. The van der Waals surface area contributed by atoms with E-state index in [1.807, 2.05) is 0 Å². The number of benzene rings is 2. The van der Waals surface area contributed by atoms with E-state index in [9.17, 15) is 18.6 Å². The van der Waals surface area contributed by atoms with E-state index < -0.39 is 19.8 Å². The van der Waals surface area contributed by atoms with E-state index in [0.29, 0.717) is 11.3 Å². The maximum atomic E-state index is 13.4. The lowest BCUT2D eigenvalue weighted by Gasteiger charge is -2.06. The summed E-state index contributed by atoms with van der Waals surface area (Å²) in [6, 6.07) is 10.7. The van der Waals surface area contributed by atoms with Crippen LogP contribution in [0.5, 0.6) is 0 Å². The largest absolute Gasteiger partial charge is 0.591 e. The van der Waals surface area contributed by atoms with Gasteiger partial charge in [-0.1, -0.05) is 16.7 Å². The van der Waals surface area contributed by atoms with E-state index in [-0.39, 0.29) is 17.5 Å². The van der Waals surface area contributed by atoms with Crippen molar-refractivity contribution in [3.63, 3.8) is 0 Å². The van der Waals surface area contributed by atoms with Crippen LogP contribution in [0.4, 0.5) is 10.1 Å². The summed E-state index contributed by atoms with van der Waals surface area (Å²) in [5, 5.41) is 14.0. The monoisotopic (exact) mass is 392 g/mol. The van der Waals surface area contributed by atoms with Gasteiger partial charge in [0.05, 0.1) is 6.61 Å². The SMILES string of the molecule is Cc1ccc(NC(=O)c2cccc([P+](=O)[O-])c2)cc1F.OCCNC1CC1. The second kappa shape index (κ2) is 10.2. The topological polar surface area (TPSA) is 101 Å². The Morgan fingerprint density at radius 2 is 2.04 bits per heavy atom. The summed E-state index contributed by atoms with van der Waals surface area (Å²) in [6.07, 6.45) is 2.61. The standard InChI is InChI=1S/C14H11FNO3P.C5H11NO/c1-9-5-6-11(8-13(9)15)16-14(17)10-3-2-4-12(7-10)20(18)19;7-4-3-6-5-1-2-5/h2-8H,1H3,(H,16,17);5-7H,1-4H2. The lowest BCUT2D eigenvalue weighted by Crippen LogP contribution is -2.19. The fourth-order valence-corrected chi connectivity index (χ4v) is 2.64. The summed E-state index contributed by atoms with van der Waals surface area (Å²) in [7, 11) is -2.75. The van der Waals surface area contributed by atoms with Gasteiger partial charge in [0.1, 0.15) is 5.82 Å². The molecular formula is C19H22FN2O4P. The number of hydrogen-bond donors (Lipinski definition) is 3. The molecule has 0 heterocycles. The van der Waals surface area contributed by atoms with Crippen molar-refractivity contribution in [1.82, 2.24) is 5.32 Å². The van der Waals surface area contributed by atoms with Gasteiger partial charge in [-0.15, -0.1) is 0 Å². The molecule has 0 aromatic heterocycles. The molecule has 0 aliphatic heterocycles. The Morgan fingerprint density at radius 1 is 1.30 bits per heavy atom. The first-order chi connectivity index (χ1) is 12.9. The van der Waals surface area contributed by atoms with Crippen LogP contribution in [-0.2, 0) is 4.57 Å². The zero-order valence-electron chi connectivity index (χ0n) is 14.9. The smallest absolute Gasteiger partial charge is 0.348 e. The number of carbonyl (C=O) groups excluding carboxylic acids is 1. The van der Waals surface area contributed by atoms with E-state index in [1.54, 1.807) is 19.1 Å². The molecule has 1 unspecified atom stereocenters. The highest BCUT2D eigenvalue weighted by Gasteiger charge is 2.19. The van der Waals surface area contributed by atoms with Crippen LogP contribution in [0.1, 0.15) is 28.8 Å². The molecular weight excluding hydrogens is 370 g/mol. The minimum atomic E-state index is -2.75. The Kier molecular flexibility index (Phi) is 8.00. The molecule has 0 bridgehead atoms. The van der Waals surface area contributed by atoms with Gasteiger partial charge >= 0.3 is 8.03 Å². The normalized spacial score (nSPS) is 13.4. The summed E-state index contributed by atoms with van der Waals surface area (Å²) in [5.74, 6) is -0.911. The van der Waals surface area contributed by atoms with Crippen LogP contribution in [-0.4, -0.2) is 30.2 Å². The van der Waals surface area contributed by atoms with Gasteiger partial charge in [0.15, 0.2) is 5.30 Å². The van der Waals surface area contributed by atoms with Crippen molar-refractivity contribution < 1.29 is 23.7 Å². The van der Waals surface area contributed by atoms with Crippen LogP contribution in [0.3, 0.4) is 0 Å². The van der Waals surface area contributed by atoms with Gasteiger partial charge in [-0.2, -0.15) is 0 Å². The molecule has 144 valence electrons. The fourth-order valence-electron chi connectivity index (χ4n) is 2.19. The third-order valence-corrected chi connectivity index (χ3v) is 4.57. The summed E-state index contributed by atoms with van der Waals surface area (Å²) < 4.78 is 24.2. The van der Waals surface area contributed by atoms with Gasteiger partial charge < -0.3 is 20.6 Å². The quantitative estimate of drug-likeness (QED) is 0.652. The summed E-state index contributed by atoms with van der Waals surface area (Å²) >= 11 is 0. The lowest BCUT2D eigenvalue weighted by atomic mass is 10.2. The second-order valence-electron chi connectivity index (χ2n) is 6.18. The summed E-state index contributed by atoms with van der Waals surface area (Å²) in [6.45, 7) is 2.66. The summed E-state index contributed by atoms with van der Waals surface area (Å²) in [4.78, 5) is 22.8.